The van der Waals surface area contributed by atoms with Crippen molar-refractivity contribution in [2.24, 2.45) is 11.7 Å². The zero-order valence-corrected chi connectivity index (χ0v) is 26.1. The number of aromatic hydroxyl groups is 1. The van der Waals surface area contributed by atoms with Crippen LogP contribution in [0.15, 0.2) is 30.3 Å². The largest absolute Gasteiger partial charge is 0.507 e. The molecule has 0 radical (unpaired) electrons. The molecular weight excluding hydrogens is 615 g/mol. The summed E-state index contributed by atoms with van der Waals surface area (Å²) in [5.74, 6) is 0.0799. The molecule has 2 aliphatic heterocycles. The first kappa shape index (κ1) is 33.0. The molecule has 3 aromatic rings. The van der Waals surface area contributed by atoms with Gasteiger partial charge < -0.3 is 41.7 Å². The van der Waals surface area contributed by atoms with Crippen molar-refractivity contribution >= 4 is 23.1 Å². The molecule has 1 aliphatic carbocycles. The molecule has 2 heterocycles. The topological polar surface area (TPSA) is 155 Å². The Kier molecular flexibility index (Phi) is 9.11. The highest BCUT2D eigenvalue weighted by atomic mass is 19.4. The minimum atomic E-state index is -4.66. The Hall–Kier alpha value is -3.88. The van der Waals surface area contributed by atoms with E-state index in [9.17, 15) is 38.4 Å². The number of alkyl halides is 3. The first-order valence-electron chi connectivity index (χ1n) is 15.8. The summed E-state index contributed by atoms with van der Waals surface area (Å²) in [5, 5.41) is 47.4. The molecule has 10 nitrogen and oxygen atoms in total. The number of nitrogens with two attached hydrogens (primary N) is 1. The Morgan fingerprint density at radius 3 is 2.34 bits per heavy atom. The van der Waals surface area contributed by atoms with E-state index in [1.807, 2.05) is 13.1 Å². The summed E-state index contributed by atoms with van der Waals surface area (Å²) >= 11 is 0. The number of aliphatic hydroxyl groups is 3. The van der Waals surface area contributed by atoms with Gasteiger partial charge in [0.15, 0.2) is 0 Å². The number of piperidine rings is 1. The zero-order chi connectivity index (χ0) is 33.6. The van der Waals surface area contributed by atoms with E-state index in [1.54, 1.807) is 4.90 Å². The quantitative estimate of drug-likeness (QED) is 0.184. The molecule has 1 atom stereocenters. The van der Waals surface area contributed by atoms with Gasteiger partial charge in [-0.2, -0.15) is 13.2 Å². The maximum atomic E-state index is 14.2. The van der Waals surface area contributed by atoms with E-state index in [2.05, 4.69) is 15.5 Å². The number of likely N-dealkylation sites (N-methyl/N-ethyl adjacent to an activating group) is 1. The molecule has 1 fully saturated rings. The molecule has 3 aliphatic rings. The fourth-order valence-electron chi connectivity index (χ4n) is 7.47. The Morgan fingerprint density at radius 1 is 0.979 bits per heavy atom. The lowest BCUT2D eigenvalue weighted by atomic mass is 9.73. The second kappa shape index (κ2) is 13.0. The molecule has 0 spiro atoms. The van der Waals surface area contributed by atoms with Crippen molar-refractivity contribution in [1.82, 2.24) is 4.90 Å². The lowest BCUT2D eigenvalue weighted by molar-refractivity contribution is -0.137. The normalized spacial score (nSPS) is 18.1. The van der Waals surface area contributed by atoms with Crippen LogP contribution in [0.2, 0.25) is 0 Å². The number of carbonyl (C=O) groups excluding carboxylic acids is 1. The minimum absolute atomic E-state index is 0.0516. The van der Waals surface area contributed by atoms with Gasteiger partial charge in [0.05, 0.1) is 25.4 Å². The average molecular weight is 656 g/mol. The molecule has 3 aromatic carbocycles. The number of benzene rings is 3. The van der Waals surface area contributed by atoms with Gasteiger partial charge in [-0.1, -0.05) is 6.07 Å². The number of urea groups is 1. The van der Waals surface area contributed by atoms with Crippen molar-refractivity contribution in [3.8, 4) is 16.9 Å². The highest BCUT2D eigenvalue weighted by Crippen LogP contribution is 2.53. The van der Waals surface area contributed by atoms with E-state index in [0.29, 0.717) is 73.1 Å². The Bertz CT molecular complexity index is 1690. The number of nitrogens with one attached hydrogen (secondary N) is 2. The number of carbonyl (C=O) groups is 1. The molecule has 47 heavy (non-hydrogen) atoms. The Morgan fingerprint density at radius 2 is 1.70 bits per heavy atom. The van der Waals surface area contributed by atoms with Gasteiger partial charge in [0.2, 0.25) is 0 Å². The molecule has 8 N–H and O–H groups in total. The Balaban J connectivity index is 1.36. The molecule has 0 saturated carbocycles. The van der Waals surface area contributed by atoms with Crippen molar-refractivity contribution in [3.63, 3.8) is 0 Å². The van der Waals surface area contributed by atoms with Crippen LogP contribution < -0.4 is 21.3 Å². The van der Waals surface area contributed by atoms with Crippen LogP contribution in [0.3, 0.4) is 0 Å². The van der Waals surface area contributed by atoms with Crippen molar-refractivity contribution in [2.75, 3.05) is 48.8 Å². The van der Waals surface area contributed by atoms with E-state index in [0.717, 1.165) is 23.7 Å². The predicted octanol–water partition coefficient (Wildman–Crippen LogP) is 4.46. The summed E-state index contributed by atoms with van der Waals surface area (Å²) in [6.45, 7) is 0.828. The number of nitrogens with zero attached hydrogens (tertiary/aromatic N) is 2. The lowest BCUT2D eigenvalue weighted by Gasteiger charge is -2.42. The number of anilines is 3. The van der Waals surface area contributed by atoms with Crippen LogP contribution in [0.5, 0.6) is 5.75 Å². The van der Waals surface area contributed by atoms with E-state index < -0.39 is 31.0 Å². The van der Waals surface area contributed by atoms with Gasteiger partial charge in [0, 0.05) is 53.9 Å². The number of fused-ring (bicyclic) bond motifs is 2. The van der Waals surface area contributed by atoms with Crippen LogP contribution in [-0.2, 0) is 38.8 Å². The molecular formula is C34H40F3N5O5. The first-order chi connectivity index (χ1) is 22.5. The Labute approximate surface area is 270 Å². The van der Waals surface area contributed by atoms with Crippen LogP contribution in [0.25, 0.3) is 11.1 Å². The fraction of sp³-hybridized carbons (Fsp3) is 0.441. The number of phenols is 1. The minimum Gasteiger partial charge on any atom is -0.507 e. The highest BCUT2D eigenvalue weighted by Gasteiger charge is 2.39. The maximum Gasteiger partial charge on any atom is 0.418 e. The van der Waals surface area contributed by atoms with Crippen LogP contribution >= 0.6 is 0 Å². The van der Waals surface area contributed by atoms with E-state index >= 15 is 0 Å². The van der Waals surface area contributed by atoms with Crippen molar-refractivity contribution in [3.05, 3.63) is 69.3 Å². The van der Waals surface area contributed by atoms with Crippen LogP contribution in [-0.4, -0.2) is 64.6 Å². The third-order valence-electron chi connectivity index (χ3n) is 9.98. The smallest absolute Gasteiger partial charge is 0.418 e. The number of rotatable bonds is 7. The SMILES string of the molecule is CN1CCc2cc(CO)c(CO)c3c2[C@@H]1Cc1c(NC(=O)Nc2ccc(N4CCC(CN)CC4)c(C(F)(F)F)c2)cc(CO)c(O)c1-3. The number of halogens is 3. The lowest BCUT2D eigenvalue weighted by Crippen LogP contribution is -2.37. The molecule has 13 heteroatoms. The van der Waals surface area contributed by atoms with Gasteiger partial charge in [-0.05, 0) is 103 Å². The summed E-state index contributed by atoms with van der Waals surface area (Å²) < 4.78 is 42.7. The summed E-state index contributed by atoms with van der Waals surface area (Å²) in [5.41, 5.74) is 9.60. The molecule has 6 rings (SSSR count). The van der Waals surface area contributed by atoms with Crippen LogP contribution in [0.4, 0.5) is 35.0 Å². The molecule has 252 valence electrons. The van der Waals surface area contributed by atoms with Gasteiger partial charge in [0.25, 0.3) is 0 Å². The molecule has 2 amide bonds. The summed E-state index contributed by atoms with van der Waals surface area (Å²) in [6, 6.07) is 6.09. The molecule has 0 bridgehead atoms. The summed E-state index contributed by atoms with van der Waals surface area (Å²) in [7, 11) is 1.96. The van der Waals surface area contributed by atoms with Gasteiger partial charge in [0.1, 0.15) is 5.75 Å². The average Bonchev–Trinajstić information content (AvgIpc) is 3.06. The fourth-order valence-corrected chi connectivity index (χ4v) is 7.47. The maximum absolute atomic E-state index is 14.2. The molecule has 1 saturated heterocycles. The van der Waals surface area contributed by atoms with Crippen LogP contribution in [0, 0.1) is 5.92 Å². The molecule has 0 unspecified atom stereocenters. The first-order valence-corrected chi connectivity index (χ1v) is 15.8. The molecule has 0 aromatic heterocycles. The number of aliphatic hydroxyl groups excluding tert-OH is 3. The second-order valence-electron chi connectivity index (χ2n) is 12.6. The highest BCUT2D eigenvalue weighted by molar-refractivity contribution is 6.02. The number of hydrogen-bond donors (Lipinski definition) is 7. The van der Waals surface area contributed by atoms with E-state index in [-0.39, 0.29) is 46.9 Å². The summed E-state index contributed by atoms with van der Waals surface area (Å²) in [6.07, 6.45) is -2.19. The van der Waals surface area contributed by atoms with Crippen molar-refractivity contribution in [1.29, 1.82) is 0 Å². The monoisotopic (exact) mass is 655 g/mol. The summed E-state index contributed by atoms with van der Waals surface area (Å²) in [4.78, 5) is 17.2. The third kappa shape index (κ3) is 6.02. The van der Waals surface area contributed by atoms with E-state index in [1.165, 1.54) is 18.2 Å². The predicted molar refractivity (Wildman–Crippen MR) is 172 cm³/mol. The second-order valence-corrected chi connectivity index (χ2v) is 12.6. The number of hydrogen-bond acceptors (Lipinski definition) is 8. The van der Waals surface area contributed by atoms with Gasteiger partial charge in [-0.3, -0.25) is 4.90 Å². The van der Waals surface area contributed by atoms with Crippen molar-refractivity contribution in [2.45, 2.75) is 57.7 Å². The van der Waals surface area contributed by atoms with E-state index in [4.69, 9.17) is 5.73 Å². The third-order valence-corrected chi connectivity index (χ3v) is 9.98. The van der Waals surface area contributed by atoms with Crippen molar-refractivity contribution < 1.29 is 38.4 Å². The standard InChI is InChI=1S/C34H40F3N5O5/c1-41-7-6-19-10-20(15-43)24(17-45)30-29(19)28(41)13-23-26(11-21(16-44)32(46)31(23)30)40-33(47)39-22-2-3-27(25(12-22)34(35,36)37)42-8-4-18(14-38)5-9-42/h2-3,10-12,18,28,43-46H,4-9,13-17,38H2,1H3,(H2,39,40,47)/t28-/m0/s1. The van der Waals surface area contributed by atoms with Gasteiger partial charge in [-0.15, -0.1) is 0 Å². The van der Waals surface area contributed by atoms with Gasteiger partial charge in [-0.25, -0.2) is 4.79 Å². The van der Waals surface area contributed by atoms with Crippen LogP contribution in [0.1, 0.15) is 57.8 Å². The van der Waals surface area contributed by atoms with Gasteiger partial charge >= 0.3 is 12.2 Å². The number of amides is 2. The zero-order valence-electron chi connectivity index (χ0n) is 26.1.